The summed E-state index contributed by atoms with van der Waals surface area (Å²) in [6.07, 6.45) is 6.53. The number of hydrogen-bond donors (Lipinski definition) is 3. The van der Waals surface area contributed by atoms with Crippen LogP contribution >= 0.6 is 11.3 Å². The van der Waals surface area contributed by atoms with Gasteiger partial charge in [-0.25, -0.2) is 22.5 Å². The second-order valence-electron chi connectivity index (χ2n) is 9.41. The van der Waals surface area contributed by atoms with Crippen LogP contribution in [0.4, 0.5) is 16.4 Å². The topological polar surface area (TPSA) is 116 Å². The Kier molecular flexibility index (Phi) is 8.01. The summed E-state index contributed by atoms with van der Waals surface area (Å²) in [5, 5.41) is 6.08. The lowest BCUT2D eigenvalue weighted by molar-refractivity contribution is 0.109. The Bertz CT molecular complexity index is 1280. The van der Waals surface area contributed by atoms with Gasteiger partial charge >= 0.3 is 6.09 Å². The number of aromatic nitrogens is 2. The number of nitrogens with one attached hydrogen (secondary N) is 3. The second kappa shape index (κ2) is 11.0. The third-order valence-corrected chi connectivity index (χ3v) is 9.32. The van der Waals surface area contributed by atoms with Gasteiger partial charge in [0.25, 0.3) is 0 Å². The van der Waals surface area contributed by atoms with Crippen molar-refractivity contribution in [2.75, 3.05) is 19.4 Å². The SMILES string of the molecule is CC(C)OC(=O)NC1CCC(c2ccc(-c3ccc(Nc4ncc[nH]4)cc3S(=O)(=O)N(C)C)s2)CC1. The molecule has 36 heavy (non-hydrogen) atoms. The number of nitrogens with zero attached hydrogens (tertiary/aromatic N) is 2. The molecule has 0 aliphatic heterocycles. The van der Waals surface area contributed by atoms with E-state index in [2.05, 4.69) is 26.7 Å². The first-order chi connectivity index (χ1) is 17.1. The summed E-state index contributed by atoms with van der Waals surface area (Å²) in [5.74, 6) is 0.925. The first-order valence-corrected chi connectivity index (χ1v) is 14.3. The first kappa shape index (κ1) is 26.2. The summed E-state index contributed by atoms with van der Waals surface area (Å²) in [6, 6.07) is 9.59. The number of ether oxygens (including phenoxy) is 1. The fourth-order valence-electron chi connectivity index (χ4n) is 4.34. The average molecular weight is 532 g/mol. The predicted octanol–water partition coefficient (Wildman–Crippen LogP) is 5.29. The smallest absolute Gasteiger partial charge is 0.407 e. The van der Waals surface area contributed by atoms with E-state index in [4.69, 9.17) is 4.74 Å². The Morgan fingerprint density at radius 2 is 1.92 bits per heavy atom. The van der Waals surface area contributed by atoms with Gasteiger partial charge in [-0.2, -0.15) is 0 Å². The maximum atomic E-state index is 13.2. The lowest BCUT2D eigenvalue weighted by Crippen LogP contribution is -2.38. The summed E-state index contributed by atoms with van der Waals surface area (Å²) >= 11 is 1.64. The van der Waals surface area contributed by atoms with Gasteiger partial charge in [0.05, 0.1) is 11.0 Å². The number of benzene rings is 1. The van der Waals surface area contributed by atoms with Gasteiger partial charge in [-0.15, -0.1) is 11.3 Å². The zero-order chi connectivity index (χ0) is 25.9. The highest BCUT2D eigenvalue weighted by molar-refractivity contribution is 7.89. The number of alkyl carbamates (subject to hydrolysis) is 1. The molecule has 2 aromatic heterocycles. The minimum Gasteiger partial charge on any atom is -0.447 e. The standard InChI is InChI=1S/C25H33N5O4S2/c1-16(2)34-25(31)29-18-7-5-17(6-8-18)21-11-12-22(35-21)20-10-9-19(28-24-26-13-14-27-24)15-23(20)36(32,33)30(3)4/h9-18H,5-8H2,1-4H3,(H,29,31)(H2,26,27,28). The van der Waals surface area contributed by atoms with Crippen molar-refractivity contribution in [3.05, 3.63) is 47.6 Å². The normalized spacial score (nSPS) is 18.4. The summed E-state index contributed by atoms with van der Waals surface area (Å²) in [4.78, 5) is 21.4. The van der Waals surface area contributed by atoms with Gasteiger partial charge < -0.3 is 20.4 Å². The third-order valence-electron chi connectivity index (χ3n) is 6.19. The molecule has 0 bridgehead atoms. The summed E-state index contributed by atoms with van der Waals surface area (Å²) < 4.78 is 32.9. The molecule has 194 valence electrons. The van der Waals surface area contributed by atoms with Gasteiger partial charge in [-0.05, 0) is 69.7 Å². The van der Waals surface area contributed by atoms with Crippen molar-refractivity contribution in [2.24, 2.45) is 0 Å². The van der Waals surface area contributed by atoms with Crippen LogP contribution in [0.3, 0.4) is 0 Å². The number of carbonyl (C=O) groups is 1. The van der Waals surface area contributed by atoms with Crippen molar-refractivity contribution in [1.29, 1.82) is 0 Å². The van der Waals surface area contributed by atoms with E-state index < -0.39 is 10.0 Å². The molecule has 3 aromatic rings. The molecule has 0 unspecified atom stereocenters. The number of hydrogen-bond acceptors (Lipinski definition) is 7. The van der Waals surface area contributed by atoms with E-state index in [0.29, 0.717) is 23.1 Å². The van der Waals surface area contributed by atoms with Crippen molar-refractivity contribution in [1.82, 2.24) is 19.6 Å². The van der Waals surface area contributed by atoms with Crippen LogP contribution in [0.5, 0.6) is 0 Å². The minimum absolute atomic E-state index is 0.123. The molecule has 1 aliphatic carbocycles. The van der Waals surface area contributed by atoms with Crippen LogP contribution in [0.2, 0.25) is 0 Å². The van der Waals surface area contributed by atoms with Crippen molar-refractivity contribution in [3.8, 4) is 10.4 Å². The third kappa shape index (κ3) is 6.08. The van der Waals surface area contributed by atoms with Crippen molar-refractivity contribution < 1.29 is 17.9 Å². The van der Waals surface area contributed by atoms with Crippen LogP contribution in [-0.4, -0.2) is 55.0 Å². The number of H-pyrrole nitrogens is 1. The zero-order valence-electron chi connectivity index (χ0n) is 20.9. The minimum atomic E-state index is -3.68. The second-order valence-corrected chi connectivity index (χ2v) is 12.6. The number of thiophene rings is 1. The van der Waals surface area contributed by atoms with Gasteiger partial charge in [0.15, 0.2) is 0 Å². The predicted molar refractivity (Wildman–Crippen MR) is 142 cm³/mol. The molecule has 0 radical (unpaired) electrons. The molecule has 1 saturated carbocycles. The Morgan fingerprint density at radius 1 is 1.17 bits per heavy atom. The highest BCUT2D eigenvalue weighted by Crippen LogP contribution is 2.41. The molecule has 0 atom stereocenters. The Labute approximate surface area is 216 Å². The van der Waals surface area contributed by atoms with Crippen LogP contribution < -0.4 is 10.6 Å². The molecular formula is C25H33N5O4S2. The lowest BCUT2D eigenvalue weighted by Gasteiger charge is -2.28. The maximum Gasteiger partial charge on any atom is 0.407 e. The van der Waals surface area contributed by atoms with Gasteiger partial charge in [-0.3, -0.25) is 0 Å². The molecule has 1 aromatic carbocycles. The van der Waals surface area contributed by atoms with Crippen LogP contribution in [0.1, 0.15) is 50.3 Å². The summed E-state index contributed by atoms with van der Waals surface area (Å²) in [6.45, 7) is 3.67. The van der Waals surface area contributed by atoms with Crippen molar-refractivity contribution in [3.63, 3.8) is 0 Å². The molecular weight excluding hydrogens is 498 g/mol. The maximum absolute atomic E-state index is 13.2. The van der Waals surface area contributed by atoms with Crippen LogP contribution in [-0.2, 0) is 14.8 Å². The van der Waals surface area contributed by atoms with E-state index in [-0.39, 0.29) is 23.1 Å². The number of amides is 1. The number of anilines is 2. The number of imidazole rings is 1. The van der Waals surface area contributed by atoms with E-state index in [9.17, 15) is 13.2 Å². The van der Waals surface area contributed by atoms with Gasteiger partial charge in [-0.1, -0.05) is 6.07 Å². The number of rotatable bonds is 8. The monoisotopic (exact) mass is 531 g/mol. The Balaban J connectivity index is 1.52. The fraction of sp³-hybridized carbons (Fsp3) is 0.440. The van der Waals surface area contributed by atoms with Gasteiger partial charge in [0, 0.05) is 53.5 Å². The van der Waals surface area contributed by atoms with E-state index in [0.717, 1.165) is 30.6 Å². The Morgan fingerprint density at radius 3 is 2.56 bits per heavy atom. The van der Waals surface area contributed by atoms with Crippen molar-refractivity contribution >= 4 is 39.1 Å². The number of sulfonamides is 1. The largest absolute Gasteiger partial charge is 0.447 e. The molecule has 0 saturated heterocycles. The highest BCUT2D eigenvalue weighted by atomic mass is 32.2. The van der Waals surface area contributed by atoms with E-state index in [1.807, 2.05) is 32.0 Å². The molecule has 0 spiro atoms. The lowest BCUT2D eigenvalue weighted by atomic mass is 9.85. The highest BCUT2D eigenvalue weighted by Gasteiger charge is 2.27. The quantitative estimate of drug-likeness (QED) is 0.364. The van der Waals surface area contributed by atoms with Crippen LogP contribution in [0.25, 0.3) is 10.4 Å². The molecule has 1 fully saturated rings. The zero-order valence-corrected chi connectivity index (χ0v) is 22.6. The van der Waals surface area contributed by atoms with Crippen molar-refractivity contribution in [2.45, 2.75) is 62.5 Å². The van der Waals surface area contributed by atoms with Crippen LogP contribution in [0, 0.1) is 0 Å². The van der Waals surface area contributed by atoms with E-state index in [1.54, 1.807) is 29.8 Å². The number of carbonyl (C=O) groups excluding carboxylic acids is 1. The molecule has 1 aliphatic rings. The molecule has 3 N–H and O–H groups in total. The Hall–Kier alpha value is -2.89. The molecule has 4 rings (SSSR count). The van der Waals surface area contributed by atoms with Gasteiger partial charge in [0.2, 0.25) is 16.0 Å². The first-order valence-electron chi connectivity index (χ1n) is 12.0. The number of aromatic amines is 1. The average Bonchev–Trinajstić information content (AvgIpc) is 3.51. The molecule has 9 nitrogen and oxygen atoms in total. The molecule has 1 amide bonds. The summed E-state index contributed by atoms with van der Waals surface area (Å²) in [7, 11) is -0.610. The summed E-state index contributed by atoms with van der Waals surface area (Å²) in [5.41, 5.74) is 1.31. The fourth-order valence-corrected chi connectivity index (χ4v) is 6.74. The van der Waals surface area contributed by atoms with E-state index >= 15 is 0 Å². The molecule has 2 heterocycles. The van der Waals surface area contributed by atoms with Gasteiger partial charge in [0.1, 0.15) is 0 Å². The van der Waals surface area contributed by atoms with E-state index in [1.165, 1.54) is 23.3 Å². The molecule has 11 heteroatoms. The van der Waals surface area contributed by atoms with Crippen LogP contribution in [0.15, 0.2) is 47.6 Å².